The molecule has 1 heterocycles. The maximum Gasteiger partial charge on any atom is 0.123 e. The Morgan fingerprint density at radius 1 is 1.27 bits per heavy atom. The molecule has 0 aliphatic heterocycles. The summed E-state index contributed by atoms with van der Waals surface area (Å²) < 4.78 is 14.4. The van der Waals surface area contributed by atoms with Gasteiger partial charge in [-0.3, -0.25) is 0 Å². The Morgan fingerprint density at radius 2 is 2.00 bits per heavy atom. The summed E-state index contributed by atoms with van der Waals surface area (Å²) in [5.41, 5.74) is 7.34. The van der Waals surface area contributed by atoms with Crippen LogP contribution >= 0.6 is 0 Å². The summed E-state index contributed by atoms with van der Waals surface area (Å²) in [4.78, 5) is 0. The van der Waals surface area contributed by atoms with Gasteiger partial charge in [0.1, 0.15) is 5.82 Å². The molecule has 0 aliphatic rings. The predicted molar refractivity (Wildman–Crippen MR) is 53.4 cm³/mol. The van der Waals surface area contributed by atoms with Crippen molar-refractivity contribution in [3.05, 3.63) is 47.5 Å². The topological polar surface area (TPSA) is 56.7 Å². The number of nitrogens with zero attached hydrogens (tertiary/aromatic N) is 3. The van der Waals surface area contributed by atoms with Crippen LogP contribution in [0.25, 0.3) is 0 Å². The molecule has 0 spiro atoms. The lowest BCUT2D eigenvalue weighted by Crippen LogP contribution is -2.09. The van der Waals surface area contributed by atoms with Crippen LogP contribution in [0.3, 0.4) is 0 Å². The second kappa shape index (κ2) is 4.18. The molecule has 0 fully saturated rings. The van der Waals surface area contributed by atoms with Crippen molar-refractivity contribution in [3.63, 3.8) is 0 Å². The minimum Gasteiger partial charge on any atom is -0.325 e. The van der Waals surface area contributed by atoms with Crippen LogP contribution in [0.1, 0.15) is 11.3 Å². The van der Waals surface area contributed by atoms with Gasteiger partial charge in [0.15, 0.2) is 0 Å². The number of hydrogen-bond donors (Lipinski definition) is 1. The van der Waals surface area contributed by atoms with Crippen LogP contribution < -0.4 is 5.73 Å². The SMILES string of the molecule is NCc1cnnn1Cc1ccc(F)cc1. The van der Waals surface area contributed by atoms with Crippen molar-refractivity contribution in [2.75, 3.05) is 0 Å². The fourth-order valence-corrected chi connectivity index (χ4v) is 1.33. The molecule has 2 rings (SSSR count). The van der Waals surface area contributed by atoms with E-state index in [0.717, 1.165) is 11.3 Å². The molecule has 0 bridgehead atoms. The van der Waals surface area contributed by atoms with E-state index in [1.54, 1.807) is 23.0 Å². The Morgan fingerprint density at radius 3 is 2.67 bits per heavy atom. The van der Waals surface area contributed by atoms with Crippen LogP contribution in [0, 0.1) is 5.82 Å². The first-order chi connectivity index (χ1) is 7.29. The number of halogens is 1. The van der Waals surface area contributed by atoms with E-state index in [4.69, 9.17) is 5.73 Å². The highest BCUT2D eigenvalue weighted by molar-refractivity contribution is 5.16. The monoisotopic (exact) mass is 206 g/mol. The number of aromatic nitrogens is 3. The average Bonchev–Trinajstić information content (AvgIpc) is 2.69. The van der Waals surface area contributed by atoms with Crippen molar-refractivity contribution in [1.82, 2.24) is 15.0 Å². The van der Waals surface area contributed by atoms with Gasteiger partial charge in [0.2, 0.25) is 0 Å². The zero-order valence-corrected chi connectivity index (χ0v) is 8.10. The molecule has 0 saturated carbocycles. The lowest BCUT2D eigenvalue weighted by molar-refractivity contribution is 0.610. The molecule has 4 nitrogen and oxygen atoms in total. The Bertz CT molecular complexity index is 435. The standard InChI is InChI=1S/C10H11FN4/c11-9-3-1-8(2-4-9)7-15-10(5-12)6-13-14-15/h1-4,6H,5,7,12H2. The molecule has 2 N–H and O–H groups in total. The molecule has 1 aromatic carbocycles. The second-order valence-corrected chi connectivity index (χ2v) is 3.21. The van der Waals surface area contributed by atoms with Gasteiger partial charge in [-0.2, -0.15) is 0 Å². The Balaban J connectivity index is 2.18. The maximum absolute atomic E-state index is 12.7. The molecule has 0 atom stereocenters. The van der Waals surface area contributed by atoms with Crippen molar-refractivity contribution in [3.8, 4) is 0 Å². The molecule has 5 heteroatoms. The third-order valence-electron chi connectivity index (χ3n) is 2.15. The lowest BCUT2D eigenvalue weighted by Gasteiger charge is -2.04. The van der Waals surface area contributed by atoms with Gasteiger partial charge in [-0.25, -0.2) is 9.07 Å². The Labute approximate surface area is 86.5 Å². The van der Waals surface area contributed by atoms with Gasteiger partial charge in [0.25, 0.3) is 0 Å². The highest BCUT2D eigenvalue weighted by atomic mass is 19.1. The number of nitrogens with two attached hydrogens (primary N) is 1. The third kappa shape index (κ3) is 2.19. The minimum absolute atomic E-state index is 0.239. The molecule has 0 radical (unpaired) electrons. The third-order valence-corrected chi connectivity index (χ3v) is 2.15. The first-order valence-corrected chi connectivity index (χ1v) is 4.61. The normalized spacial score (nSPS) is 10.5. The lowest BCUT2D eigenvalue weighted by atomic mass is 10.2. The molecule has 0 unspecified atom stereocenters. The van der Waals surface area contributed by atoms with E-state index < -0.39 is 0 Å². The largest absolute Gasteiger partial charge is 0.325 e. The molecule has 0 saturated heterocycles. The van der Waals surface area contributed by atoms with Gasteiger partial charge in [0, 0.05) is 6.54 Å². The molecule has 1 aromatic heterocycles. The van der Waals surface area contributed by atoms with E-state index in [1.165, 1.54) is 12.1 Å². The maximum atomic E-state index is 12.7. The molecular weight excluding hydrogens is 195 g/mol. The summed E-state index contributed by atoms with van der Waals surface area (Å²) in [5, 5.41) is 7.66. The van der Waals surface area contributed by atoms with Crippen molar-refractivity contribution < 1.29 is 4.39 Å². The molecule has 0 amide bonds. The Hall–Kier alpha value is -1.75. The first kappa shape index (κ1) is 9.79. The van der Waals surface area contributed by atoms with Crippen molar-refractivity contribution >= 4 is 0 Å². The van der Waals surface area contributed by atoms with E-state index in [0.29, 0.717) is 13.1 Å². The van der Waals surface area contributed by atoms with Gasteiger partial charge in [0.05, 0.1) is 18.4 Å². The average molecular weight is 206 g/mol. The van der Waals surface area contributed by atoms with E-state index in [-0.39, 0.29) is 5.82 Å². The Kier molecular flexibility index (Phi) is 2.73. The zero-order chi connectivity index (χ0) is 10.7. The zero-order valence-electron chi connectivity index (χ0n) is 8.10. The quantitative estimate of drug-likeness (QED) is 0.812. The smallest absolute Gasteiger partial charge is 0.123 e. The van der Waals surface area contributed by atoms with Crippen molar-refractivity contribution in [1.29, 1.82) is 0 Å². The van der Waals surface area contributed by atoms with Crippen LogP contribution in [0.15, 0.2) is 30.5 Å². The van der Waals surface area contributed by atoms with E-state index >= 15 is 0 Å². The van der Waals surface area contributed by atoms with Gasteiger partial charge in [-0.1, -0.05) is 17.3 Å². The van der Waals surface area contributed by atoms with Gasteiger partial charge in [-0.15, -0.1) is 5.10 Å². The summed E-state index contributed by atoms with van der Waals surface area (Å²) in [6.45, 7) is 0.959. The summed E-state index contributed by atoms with van der Waals surface area (Å²) in [6, 6.07) is 6.29. The number of rotatable bonds is 3. The van der Waals surface area contributed by atoms with E-state index in [1.807, 2.05) is 0 Å². The van der Waals surface area contributed by atoms with E-state index in [2.05, 4.69) is 10.3 Å². The summed E-state index contributed by atoms with van der Waals surface area (Å²) in [7, 11) is 0. The molecule has 2 aromatic rings. The van der Waals surface area contributed by atoms with Gasteiger partial charge >= 0.3 is 0 Å². The highest BCUT2D eigenvalue weighted by Crippen LogP contribution is 2.05. The van der Waals surface area contributed by atoms with Crippen LogP contribution in [0.5, 0.6) is 0 Å². The minimum atomic E-state index is -0.239. The fourth-order valence-electron chi connectivity index (χ4n) is 1.33. The molecule has 0 aliphatic carbocycles. The summed E-state index contributed by atoms with van der Waals surface area (Å²) >= 11 is 0. The number of hydrogen-bond acceptors (Lipinski definition) is 3. The van der Waals surface area contributed by atoms with Crippen LogP contribution in [0.4, 0.5) is 4.39 Å². The summed E-state index contributed by atoms with van der Waals surface area (Å²) in [6.07, 6.45) is 1.63. The van der Waals surface area contributed by atoms with Crippen LogP contribution in [-0.4, -0.2) is 15.0 Å². The van der Waals surface area contributed by atoms with Crippen molar-refractivity contribution in [2.24, 2.45) is 5.73 Å². The van der Waals surface area contributed by atoms with Gasteiger partial charge < -0.3 is 5.73 Å². The molecular formula is C10H11FN4. The van der Waals surface area contributed by atoms with Crippen molar-refractivity contribution in [2.45, 2.75) is 13.1 Å². The second-order valence-electron chi connectivity index (χ2n) is 3.21. The van der Waals surface area contributed by atoms with E-state index in [9.17, 15) is 4.39 Å². The van der Waals surface area contributed by atoms with Crippen LogP contribution in [-0.2, 0) is 13.1 Å². The molecule has 15 heavy (non-hydrogen) atoms. The highest BCUT2D eigenvalue weighted by Gasteiger charge is 2.02. The van der Waals surface area contributed by atoms with Crippen LogP contribution in [0.2, 0.25) is 0 Å². The summed E-state index contributed by atoms with van der Waals surface area (Å²) in [5.74, 6) is -0.239. The fraction of sp³-hybridized carbons (Fsp3) is 0.200. The predicted octanol–water partition coefficient (Wildman–Crippen LogP) is 0.924. The number of benzene rings is 1. The van der Waals surface area contributed by atoms with Gasteiger partial charge in [-0.05, 0) is 17.7 Å². The first-order valence-electron chi connectivity index (χ1n) is 4.61. The molecule has 78 valence electrons.